The lowest BCUT2D eigenvalue weighted by Crippen LogP contribution is -2.57. The molecule has 4 nitrogen and oxygen atoms in total. The van der Waals surface area contributed by atoms with Gasteiger partial charge in [0.05, 0.1) is 0 Å². The fourth-order valence-corrected chi connectivity index (χ4v) is 2.82. The SMILES string of the molecule is CCc1nccn1CC(C)N1CC(Oc2ccccc2)C1. The third-order valence-electron chi connectivity index (χ3n) is 4.12. The van der Waals surface area contributed by atoms with E-state index in [9.17, 15) is 0 Å². The number of aryl methyl sites for hydroxylation is 1. The Morgan fingerprint density at radius 2 is 2.05 bits per heavy atom. The summed E-state index contributed by atoms with van der Waals surface area (Å²) in [5.41, 5.74) is 0. The number of rotatable bonds is 6. The lowest BCUT2D eigenvalue weighted by Gasteiger charge is -2.43. The van der Waals surface area contributed by atoms with E-state index in [2.05, 4.69) is 34.5 Å². The van der Waals surface area contributed by atoms with Gasteiger partial charge in [-0.3, -0.25) is 4.90 Å². The molecule has 1 aliphatic rings. The van der Waals surface area contributed by atoms with Gasteiger partial charge >= 0.3 is 0 Å². The van der Waals surface area contributed by atoms with Crippen molar-refractivity contribution in [3.63, 3.8) is 0 Å². The fraction of sp³-hybridized carbons (Fsp3) is 0.471. The summed E-state index contributed by atoms with van der Waals surface area (Å²) in [5.74, 6) is 2.14. The number of hydrogen-bond donors (Lipinski definition) is 0. The predicted octanol–water partition coefficient (Wildman–Crippen LogP) is 2.60. The Bertz CT molecular complexity index is 560. The molecule has 0 N–H and O–H groups in total. The van der Waals surface area contributed by atoms with E-state index in [1.54, 1.807) is 0 Å². The maximum Gasteiger partial charge on any atom is 0.124 e. The molecule has 2 heterocycles. The minimum atomic E-state index is 0.322. The second-order valence-electron chi connectivity index (χ2n) is 5.71. The lowest BCUT2D eigenvalue weighted by molar-refractivity contribution is -0.00878. The van der Waals surface area contributed by atoms with Crippen molar-refractivity contribution in [2.45, 2.75) is 39.0 Å². The average molecular weight is 285 g/mol. The van der Waals surface area contributed by atoms with Gasteiger partial charge in [-0.1, -0.05) is 25.1 Å². The molecule has 1 atom stereocenters. The van der Waals surface area contributed by atoms with E-state index in [0.717, 1.165) is 31.8 Å². The first-order valence-electron chi connectivity index (χ1n) is 7.72. The normalized spacial score (nSPS) is 17.4. The summed E-state index contributed by atoms with van der Waals surface area (Å²) in [6.07, 6.45) is 5.28. The Labute approximate surface area is 126 Å². The molecule has 1 aromatic heterocycles. The summed E-state index contributed by atoms with van der Waals surface area (Å²) in [6.45, 7) is 7.44. The van der Waals surface area contributed by atoms with Gasteiger partial charge < -0.3 is 9.30 Å². The number of aromatic nitrogens is 2. The minimum absolute atomic E-state index is 0.322. The van der Waals surface area contributed by atoms with Gasteiger partial charge in [0.25, 0.3) is 0 Å². The number of para-hydroxylation sites is 1. The Kier molecular flexibility index (Phi) is 4.25. The van der Waals surface area contributed by atoms with E-state index in [1.807, 2.05) is 36.5 Å². The number of imidazole rings is 1. The third-order valence-corrected chi connectivity index (χ3v) is 4.12. The van der Waals surface area contributed by atoms with Gasteiger partial charge in [0, 0.05) is 44.5 Å². The second kappa shape index (κ2) is 6.31. The summed E-state index contributed by atoms with van der Waals surface area (Å²) in [6, 6.07) is 10.6. The highest BCUT2D eigenvalue weighted by atomic mass is 16.5. The van der Waals surface area contributed by atoms with Crippen molar-refractivity contribution in [3.8, 4) is 5.75 Å². The van der Waals surface area contributed by atoms with Crippen LogP contribution < -0.4 is 4.74 Å². The van der Waals surface area contributed by atoms with Crippen LogP contribution in [0.3, 0.4) is 0 Å². The molecular formula is C17H23N3O. The van der Waals surface area contributed by atoms with E-state index in [1.165, 1.54) is 5.82 Å². The molecule has 0 radical (unpaired) electrons. The zero-order valence-electron chi connectivity index (χ0n) is 12.8. The van der Waals surface area contributed by atoms with Crippen LogP contribution >= 0.6 is 0 Å². The van der Waals surface area contributed by atoms with Crippen molar-refractivity contribution in [1.82, 2.24) is 14.5 Å². The highest BCUT2D eigenvalue weighted by Gasteiger charge is 2.32. The molecule has 0 aliphatic carbocycles. The van der Waals surface area contributed by atoms with Crippen LogP contribution in [0.4, 0.5) is 0 Å². The molecule has 0 saturated carbocycles. The first kappa shape index (κ1) is 14.1. The first-order valence-corrected chi connectivity index (χ1v) is 7.72. The molecule has 2 aromatic rings. The average Bonchev–Trinajstić information content (AvgIpc) is 2.90. The molecule has 21 heavy (non-hydrogen) atoms. The van der Waals surface area contributed by atoms with Crippen LogP contribution in [-0.2, 0) is 13.0 Å². The molecule has 1 aromatic carbocycles. The van der Waals surface area contributed by atoms with Crippen LogP contribution in [0.25, 0.3) is 0 Å². The number of nitrogens with zero attached hydrogens (tertiary/aromatic N) is 3. The summed E-state index contributed by atoms with van der Waals surface area (Å²) >= 11 is 0. The van der Waals surface area contributed by atoms with E-state index in [-0.39, 0.29) is 0 Å². The van der Waals surface area contributed by atoms with Crippen LogP contribution in [-0.4, -0.2) is 39.7 Å². The molecule has 4 heteroatoms. The van der Waals surface area contributed by atoms with E-state index >= 15 is 0 Å². The number of hydrogen-bond acceptors (Lipinski definition) is 3. The molecule has 1 fully saturated rings. The molecule has 1 aliphatic heterocycles. The summed E-state index contributed by atoms with van der Waals surface area (Å²) in [5, 5.41) is 0. The lowest BCUT2D eigenvalue weighted by atomic mass is 10.1. The fourth-order valence-electron chi connectivity index (χ4n) is 2.82. The monoisotopic (exact) mass is 285 g/mol. The van der Waals surface area contributed by atoms with Crippen LogP contribution in [0, 0.1) is 0 Å². The predicted molar refractivity (Wildman–Crippen MR) is 83.5 cm³/mol. The topological polar surface area (TPSA) is 30.3 Å². The zero-order valence-corrected chi connectivity index (χ0v) is 12.8. The van der Waals surface area contributed by atoms with Gasteiger partial charge in [-0.25, -0.2) is 4.98 Å². The van der Waals surface area contributed by atoms with Crippen LogP contribution in [0.15, 0.2) is 42.7 Å². The third kappa shape index (κ3) is 3.27. The van der Waals surface area contributed by atoms with Crippen molar-refractivity contribution in [2.24, 2.45) is 0 Å². The molecule has 1 saturated heterocycles. The maximum absolute atomic E-state index is 5.95. The Morgan fingerprint density at radius 3 is 2.76 bits per heavy atom. The van der Waals surface area contributed by atoms with Crippen LogP contribution in [0.5, 0.6) is 5.75 Å². The van der Waals surface area contributed by atoms with E-state index in [4.69, 9.17) is 4.74 Å². The summed E-state index contributed by atoms with van der Waals surface area (Å²) in [4.78, 5) is 6.85. The highest BCUT2D eigenvalue weighted by molar-refractivity contribution is 5.21. The number of benzene rings is 1. The van der Waals surface area contributed by atoms with Gasteiger partial charge in [-0.15, -0.1) is 0 Å². The summed E-state index contributed by atoms with van der Waals surface area (Å²) < 4.78 is 8.21. The van der Waals surface area contributed by atoms with Gasteiger partial charge in [0.2, 0.25) is 0 Å². The Balaban J connectivity index is 1.47. The van der Waals surface area contributed by atoms with Gasteiger partial charge in [-0.2, -0.15) is 0 Å². The quantitative estimate of drug-likeness (QED) is 0.817. The molecule has 0 amide bonds. The van der Waals surface area contributed by atoms with Crippen LogP contribution in [0.2, 0.25) is 0 Å². The van der Waals surface area contributed by atoms with Crippen molar-refractivity contribution < 1.29 is 4.74 Å². The van der Waals surface area contributed by atoms with E-state index in [0.29, 0.717) is 12.1 Å². The Hall–Kier alpha value is -1.81. The smallest absolute Gasteiger partial charge is 0.124 e. The standard InChI is InChI=1S/C17H23N3O/c1-3-17-18-9-10-19(17)11-14(2)20-12-16(13-20)21-15-7-5-4-6-8-15/h4-10,14,16H,3,11-13H2,1-2H3. The minimum Gasteiger partial charge on any atom is -0.488 e. The van der Waals surface area contributed by atoms with Gasteiger partial charge in [0.1, 0.15) is 17.7 Å². The molecular weight excluding hydrogens is 262 g/mol. The second-order valence-corrected chi connectivity index (χ2v) is 5.71. The largest absolute Gasteiger partial charge is 0.488 e. The molecule has 3 rings (SSSR count). The number of ether oxygens (including phenoxy) is 1. The molecule has 1 unspecified atom stereocenters. The van der Waals surface area contributed by atoms with Crippen LogP contribution in [0.1, 0.15) is 19.7 Å². The number of likely N-dealkylation sites (tertiary alicyclic amines) is 1. The first-order chi connectivity index (χ1) is 10.3. The van der Waals surface area contributed by atoms with Crippen molar-refractivity contribution >= 4 is 0 Å². The van der Waals surface area contributed by atoms with Crippen molar-refractivity contribution in [2.75, 3.05) is 13.1 Å². The van der Waals surface area contributed by atoms with Gasteiger partial charge in [0.15, 0.2) is 0 Å². The molecule has 0 bridgehead atoms. The van der Waals surface area contributed by atoms with Gasteiger partial charge in [-0.05, 0) is 19.1 Å². The van der Waals surface area contributed by atoms with E-state index < -0.39 is 0 Å². The Morgan fingerprint density at radius 1 is 1.29 bits per heavy atom. The van der Waals surface area contributed by atoms with Crippen molar-refractivity contribution in [3.05, 3.63) is 48.5 Å². The highest BCUT2D eigenvalue weighted by Crippen LogP contribution is 2.20. The maximum atomic E-state index is 5.95. The summed E-state index contributed by atoms with van der Waals surface area (Å²) in [7, 11) is 0. The molecule has 0 spiro atoms. The molecule has 112 valence electrons. The van der Waals surface area contributed by atoms with Crippen molar-refractivity contribution in [1.29, 1.82) is 0 Å². The zero-order chi connectivity index (χ0) is 14.7.